The molecule has 1 unspecified atom stereocenters. The molecule has 17 heavy (non-hydrogen) atoms. The fraction of sp³-hybridized carbons (Fsp3) is 0.333. The van der Waals surface area contributed by atoms with Gasteiger partial charge in [-0.2, -0.15) is 0 Å². The molecule has 90 valence electrons. The molecule has 2 aromatic carbocycles. The van der Waals surface area contributed by atoms with Crippen LogP contribution in [0.15, 0.2) is 42.5 Å². The molecule has 0 saturated carbocycles. The lowest BCUT2D eigenvalue weighted by atomic mass is 10.1. The van der Waals surface area contributed by atoms with Gasteiger partial charge in [-0.05, 0) is 28.3 Å². The SMILES string of the molecule is CC(CO)CNCc1ccc2ccccc2c1. The second kappa shape index (κ2) is 5.80. The van der Waals surface area contributed by atoms with Gasteiger partial charge in [-0.15, -0.1) is 0 Å². The monoisotopic (exact) mass is 229 g/mol. The molecular weight excluding hydrogens is 210 g/mol. The number of hydrogen-bond donors (Lipinski definition) is 2. The Balaban J connectivity index is 1.99. The van der Waals surface area contributed by atoms with Gasteiger partial charge in [0.1, 0.15) is 0 Å². The van der Waals surface area contributed by atoms with Crippen LogP contribution >= 0.6 is 0 Å². The van der Waals surface area contributed by atoms with Crippen LogP contribution in [0.3, 0.4) is 0 Å². The minimum atomic E-state index is 0.241. The lowest BCUT2D eigenvalue weighted by Crippen LogP contribution is -2.22. The molecule has 2 aromatic rings. The fourth-order valence-corrected chi connectivity index (χ4v) is 1.88. The number of fused-ring (bicyclic) bond motifs is 1. The molecule has 0 fully saturated rings. The largest absolute Gasteiger partial charge is 0.396 e. The zero-order valence-corrected chi connectivity index (χ0v) is 10.2. The van der Waals surface area contributed by atoms with Crippen molar-refractivity contribution in [1.29, 1.82) is 0 Å². The highest BCUT2D eigenvalue weighted by molar-refractivity contribution is 5.82. The normalized spacial score (nSPS) is 12.8. The van der Waals surface area contributed by atoms with Crippen molar-refractivity contribution in [3.05, 3.63) is 48.0 Å². The summed E-state index contributed by atoms with van der Waals surface area (Å²) in [6.45, 7) is 3.98. The van der Waals surface area contributed by atoms with E-state index < -0.39 is 0 Å². The number of aliphatic hydroxyl groups is 1. The highest BCUT2D eigenvalue weighted by Crippen LogP contribution is 2.15. The molecule has 0 bridgehead atoms. The molecule has 0 saturated heterocycles. The number of rotatable bonds is 5. The lowest BCUT2D eigenvalue weighted by Gasteiger charge is -2.10. The van der Waals surface area contributed by atoms with Crippen LogP contribution in [0.4, 0.5) is 0 Å². The molecule has 0 amide bonds. The smallest absolute Gasteiger partial charge is 0.0468 e. The van der Waals surface area contributed by atoms with Crippen molar-refractivity contribution in [2.45, 2.75) is 13.5 Å². The van der Waals surface area contributed by atoms with Gasteiger partial charge in [0, 0.05) is 19.7 Å². The summed E-state index contributed by atoms with van der Waals surface area (Å²) in [6.07, 6.45) is 0. The number of aliphatic hydroxyl groups excluding tert-OH is 1. The summed E-state index contributed by atoms with van der Waals surface area (Å²) in [5, 5.41) is 14.8. The molecule has 1 atom stereocenters. The van der Waals surface area contributed by atoms with Crippen molar-refractivity contribution in [2.75, 3.05) is 13.2 Å². The van der Waals surface area contributed by atoms with Gasteiger partial charge in [0.15, 0.2) is 0 Å². The molecule has 0 spiro atoms. The van der Waals surface area contributed by atoms with Crippen molar-refractivity contribution < 1.29 is 5.11 Å². The van der Waals surface area contributed by atoms with Crippen LogP contribution in [0.25, 0.3) is 10.8 Å². The Morgan fingerprint density at radius 1 is 1.12 bits per heavy atom. The van der Waals surface area contributed by atoms with Crippen LogP contribution in [0.2, 0.25) is 0 Å². The van der Waals surface area contributed by atoms with E-state index in [4.69, 9.17) is 5.11 Å². The summed E-state index contributed by atoms with van der Waals surface area (Å²) in [7, 11) is 0. The number of hydrogen-bond acceptors (Lipinski definition) is 2. The maximum absolute atomic E-state index is 8.93. The van der Waals surface area contributed by atoms with Gasteiger partial charge < -0.3 is 10.4 Å². The van der Waals surface area contributed by atoms with E-state index in [0.29, 0.717) is 5.92 Å². The average Bonchev–Trinajstić information content (AvgIpc) is 2.38. The van der Waals surface area contributed by atoms with Crippen LogP contribution in [-0.4, -0.2) is 18.3 Å². The highest BCUT2D eigenvalue weighted by Gasteiger charge is 2.00. The van der Waals surface area contributed by atoms with Crippen molar-refractivity contribution in [1.82, 2.24) is 5.32 Å². The van der Waals surface area contributed by atoms with Crippen molar-refractivity contribution >= 4 is 10.8 Å². The van der Waals surface area contributed by atoms with E-state index in [2.05, 4.69) is 47.8 Å². The Morgan fingerprint density at radius 3 is 2.65 bits per heavy atom. The maximum atomic E-state index is 8.93. The van der Waals surface area contributed by atoms with Gasteiger partial charge >= 0.3 is 0 Å². The van der Waals surface area contributed by atoms with E-state index in [1.807, 2.05) is 6.92 Å². The summed E-state index contributed by atoms with van der Waals surface area (Å²) in [4.78, 5) is 0. The lowest BCUT2D eigenvalue weighted by molar-refractivity contribution is 0.233. The van der Waals surface area contributed by atoms with Crippen LogP contribution in [0.5, 0.6) is 0 Å². The first-order valence-corrected chi connectivity index (χ1v) is 6.09. The minimum Gasteiger partial charge on any atom is -0.396 e. The predicted molar refractivity (Wildman–Crippen MR) is 71.9 cm³/mol. The highest BCUT2D eigenvalue weighted by atomic mass is 16.3. The molecular formula is C15H19NO. The van der Waals surface area contributed by atoms with Crippen molar-refractivity contribution in [3.63, 3.8) is 0 Å². The van der Waals surface area contributed by atoms with E-state index in [0.717, 1.165) is 13.1 Å². The molecule has 2 nitrogen and oxygen atoms in total. The second-order valence-electron chi connectivity index (χ2n) is 4.60. The quantitative estimate of drug-likeness (QED) is 0.826. The van der Waals surface area contributed by atoms with Crippen molar-refractivity contribution in [3.8, 4) is 0 Å². The van der Waals surface area contributed by atoms with Crippen LogP contribution in [0, 0.1) is 5.92 Å². The Bertz CT molecular complexity index is 481. The van der Waals surface area contributed by atoms with E-state index in [1.165, 1.54) is 16.3 Å². The van der Waals surface area contributed by atoms with Crippen molar-refractivity contribution in [2.24, 2.45) is 5.92 Å². The predicted octanol–water partition coefficient (Wildman–Crippen LogP) is 2.56. The van der Waals surface area contributed by atoms with E-state index in [-0.39, 0.29) is 6.61 Å². The van der Waals surface area contributed by atoms with Gasteiger partial charge in [-0.1, -0.05) is 43.3 Å². The van der Waals surface area contributed by atoms with Gasteiger partial charge in [0.05, 0.1) is 0 Å². The standard InChI is InChI=1S/C15H19NO/c1-12(11-17)9-16-10-13-6-7-14-4-2-3-5-15(14)8-13/h2-8,12,16-17H,9-11H2,1H3. The van der Waals surface area contributed by atoms with Gasteiger partial charge in [-0.25, -0.2) is 0 Å². The Hall–Kier alpha value is -1.38. The summed E-state index contributed by atoms with van der Waals surface area (Å²) in [6, 6.07) is 14.9. The topological polar surface area (TPSA) is 32.3 Å². The molecule has 2 heteroatoms. The maximum Gasteiger partial charge on any atom is 0.0468 e. The average molecular weight is 229 g/mol. The molecule has 0 aromatic heterocycles. The zero-order chi connectivity index (χ0) is 12.1. The summed E-state index contributed by atoms with van der Waals surface area (Å²) in [5.41, 5.74) is 1.29. The molecule has 0 heterocycles. The third-order valence-corrected chi connectivity index (χ3v) is 2.95. The summed E-state index contributed by atoms with van der Waals surface area (Å²) >= 11 is 0. The second-order valence-corrected chi connectivity index (χ2v) is 4.60. The number of nitrogens with one attached hydrogen (secondary N) is 1. The number of benzene rings is 2. The van der Waals surface area contributed by atoms with Crippen LogP contribution in [-0.2, 0) is 6.54 Å². The van der Waals surface area contributed by atoms with Gasteiger partial charge in [0.25, 0.3) is 0 Å². The van der Waals surface area contributed by atoms with E-state index >= 15 is 0 Å². The zero-order valence-electron chi connectivity index (χ0n) is 10.2. The Labute approximate surface area is 102 Å². The van der Waals surface area contributed by atoms with Gasteiger partial charge in [0.2, 0.25) is 0 Å². The Morgan fingerprint density at radius 2 is 1.88 bits per heavy atom. The Kier molecular flexibility index (Phi) is 4.13. The van der Waals surface area contributed by atoms with Crippen LogP contribution in [0.1, 0.15) is 12.5 Å². The molecule has 0 aliphatic carbocycles. The first-order valence-electron chi connectivity index (χ1n) is 6.09. The minimum absolute atomic E-state index is 0.241. The molecule has 0 radical (unpaired) electrons. The molecule has 0 aliphatic heterocycles. The first kappa shape index (κ1) is 12.1. The van der Waals surface area contributed by atoms with E-state index in [1.54, 1.807) is 0 Å². The molecule has 0 aliphatic rings. The van der Waals surface area contributed by atoms with E-state index in [9.17, 15) is 0 Å². The molecule has 2 N–H and O–H groups in total. The molecule has 2 rings (SSSR count). The first-order chi connectivity index (χ1) is 8.29. The summed E-state index contributed by atoms with van der Waals surface area (Å²) in [5.74, 6) is 0.315. The fourth-order valence-electron chi connectivity index (χ4n) is 1.88. The summed E-state index contributed by atoms with van der Waals surface area (Å²) < 4.78 is 0. The third kappa shape index (κ3) is 3.29. The van der Waals surface area contributed by atoms with Crippen LogP contribution < -0.4 is 5.32 Å². The third-order valence-electron chi connectivity index (χ3n) is 2.95. The van der Waals surface area contributed by atoms with Gasteiger partial charge in [-0.3, -0.25) is 0 Å².